The number of anilines is 1. The van der Waals surface area contributed by atoms with Crippen LogP contribution in [0.1, 0.15) is 46.2 Å². The van der Waals surface area contributed by atoms with E-state index in [1.807, 2.05) is 37.3 Å². The summed E-state index contributed by atoms with van der Waals surface area (Å²) in [6, 6.07) is 14.0. The monoisotopic (exact) mass is 396 g/mol. The van der Waals surface area contributed by atoms with E-state index in [2.05, 4.69) is 32.2 Å². The Kier molecular flexibility index (Phi) is 3.44. The molecule has 1 aliphatic carbocycles. The van der Waals surface area contributed by atoms with Crippen LogP contribution in [0.25, 0.3) is 27.6 Å². The second-order valence-electron chi connectivity index (χ2n) is 8.01. The van der Waals surface area contributed by atoms with E-state index < -0.39 is 0 Å². The molecule has 1 fully saturated rings. The van der Waals surface area contributed by atoms with E-state index in [1.54, 1.807) is 4.68 Å². The summed E-state index contributed by atoms with van der Waals surface area (Å²) in [5.41, 5.74) is 12.1. The molecule has 3 aromatic heterocycles. The highest BCUT2D eigenvalue weighted by atomic mass is 16.1. The molecule has 0 aliphatic heterocycles. The lowest BCUT2D eigenvalue weighted by Gasteiger charge is -2.05. The lowest BCUT2D eigenvalue weighted by molar-refractivity contribution is 0.103. The molecule has 0 radical (unpaired) electrons. The molecular formula is C23H20N6O. The predicted octanol–water partition coefficient (Wildman–Crippen LogP) is 4.23. The van der Waals surface area contributed by atoms with Crippen LogP contribution in [-0.2, 0) is 0 Å². The molecule has 2 aromatic carbocycles. The minimum atomic E-state index is -0.165. The van der Waals surface area contributed by atoms with Crippen LogP contribution in [0.15, 0.2) is 48.7 Å². The fourth-order valence-electron chi connectivity index (χ4n) is 4.08. The van der Waals surface area contributed by atoms with E-state index in [-0.39, 0.29) is 5.78 Å². The summed E-state index contributed by atoms with van der Waals surface area (Å²) in [6.45, 7) is 1.91. The van der Waals surface area contributed by atoms with Crippen molar-refractivity contribution >= 4 is 33.5 Å². The standard InChI is InChI=1S/C23H20N6O/c1-12-26-19-7-5-16(10-20(19)27-12)29-23(24)17(11-25-29)22(30)21-9-15-8-14(13-2-3-13)4-6-18(15)28-21/h4-11,13,28H,2-3,24H2,1H3,(H,26,27). The molecule has 3 heterocycles. The van der Waals surface area contributed by atoms with Crippen LogP contribution >= 0.6 is 0 Å². The number of carbonyl (C=O) groups is 1. The van der Waals surface area contributed by atoms with Gasteiger partial charge in [0.25, 0.3) is 0 Å². The Morgan fingerprint density at radius 2 is 1.97 bits per heavy atom. The van der Waals surface area contributed by atoms with Crippen molar-refractivity contribution in [2.24, 2.45) is 0 Å². The smallest absolute Gasteiger partial charge is 0.214 e. The number of hydrogen-bond acceptors (Lipinski definition) is 4. The predicted molar refractivity (Wildman–Crippen MR) is 116 cm³/mol. The molecule has 0 spiro atoms. The first kappa shape index (κ1) is 17.0. The van der Waals surface area contributed by atoms with Gasteiger partial charge in [-0.15, -0.1) is 0 Å². The van der Waals surface area contributed by atoms with Crippen molar-refractivity contribution in [3.8, 4) is 5.69 Å². The molecule has 0 unspecified atom stereocenters. The highest BCUT2D eigenvalue weighted by Gasteiger charge is 2.24. The molecular weight excluding hydrogens is 376 g/mol. The van der Waals surface area contributed by atoms with Gasteiger partial charge in [-0.2, -0.15) is 5.10 Å². The molecule has 4 N–H and O–H groups in total. The fraction of sp³-hybridized carbons (Fsp3) is 0.174. The maximum absolute atomic E-state index is 13.1. The summed E-state index contributed by atoms with van der Waals surface area (Å²) in [5.74, 6) is 1.66. The van der Waals surface area contributed by atoms with E-state index >= 15 is 0 Å². The Labute approximate surface area is 171 Å². The van der Waals surface area contributed by atoms with Crippen molar-refractivity contribution in [3.05, 3.63) is 71.3 Å². The number of nitrogens with one attached hydrogen (secondary N) is 2. The Morgan fingerprint density at radius 1 is 1.10 bits per heavy atom. The number of nitrogens with two attached hydrogens (primary N) is 1. The van der Waals surface area contributed by atoms with E-state index in [1.165, 1.54) is 24.6 Å². The van der Waals surface area contributed by atoms with Gasteiger partial charge in [0.15, 0.2) is 0 Å². The number of ketones is 1. The third kappa shape index (κ3) is 2.62. The molecule has 5 aromatic rings. The molecule has 1 aliphatic rings. The van der Waals surface area contributed by atoms with Gasteiger partial charge in [0.2, 0.25) is 5.78 Å². The van der Waals surface area contributed by atoms with Crippen LogP contribution in [0, 0.1) is 6.92 Å². The molecule has 0 atom stereocenters. The molecule has 0 bridgehead atoms. The zero-order chi connectivity index (χ0) is 20.4. The van der Waals surface area contributed by atoms with Crippen molar-refractivity contribution in [1.29, 1.82) is 0 Å². The summed E-state index contributed by atoms with van der Waals surface area (Å²) in [4.78, 5) is 24.0. The van der Waals surface area contributed by atoms with Gasteiger partial charge in [-0.25, -0.2) is 9.67 Å². The molecule has 6 rings (SSSR count). The highest BCUT2D eigenvalue weighted by Crippen LogP contribution is 2.41. The topological polar surface area (TPSA) is 105 Å². The van der Waals surface area contributed by atoms with E-state index in [4.69, 9.17) is 5.73 Å². The number of carbonyl (C=O) groups excluding carboxylic acids is 1. The third-order valence-corrected chi connectivity index (χ3v) is 5.82. The summed E-state index contributed by atoms with van der Waals surface area (Å²) < 4.78 is 1.58. The quantitative estimate of drug-likeness (QED) is 0.395. The summed E-state index contributed by atoms with van der Waals surface area (Å²) in [6.07, 6.45) is 4.03. The van der Waals surface area contributed by atoms with Crippen LogP contribution in [0.4, 0.5) is 5.82 Å². The van der Waals surface area contributed by atoms with Gasteiger partial charge >= 0.3 is 0 Å². The Hall–Kier alpha value is -3.87. The van der Waals surface area contributed by atoms with Gasteiger partial charge in [0.1, 0.15) is 11.6 Å². The average molecular weight is 396 g/mol. The van der Waals surface area contributed by atoms with Crippen molar-refractivity contribution in [1.82, 2.24) is 24.7 Å². The van der Waals surface area contributed by atoms with Crippen LogP contribution in [0.3, 0.4) is 0 Å². The Morgan fingerprint density at radius 3 is 2.80 bits per heavy atom. The largest absolute Gasteiger partial charge is 0.383 e. The minimum Gasteiger partial charge on any atom is -0.383 e. The van der Waals surface area contributed by atoms with Crippen molar-refractivity contribution in [3.63, 3.8) is 0 Å². The number of aromatic nitrogens is 5. The van der Waals surface area contributed by atoms with Gasteiger partial charge in [-0.05, 0) is 67.6 Å². The lowest BCUT2D eigenvalue weighted by Crippen LogP contribution is -2.07. The summed E-state index contributed by atoms with van der Waals surface area (Å²) in [7, 11) is 0. The first-order valence-corrected chi connectivity index (χ1v) is 10.0. The Balaban J connectivity index is 1.37. The molecule has 7 nitrogen and oxygen atoms in total. The number of nitrogens with zero attached hydrogens (tertiary/aromatic N) is 3. The van der Waals surface area contributed by atoms with Crippen molar-refractivity contribution in [2.45, 2.75) is 25.7 Å². The molecule has 148 valence electrons. The van der Waals surface area contributed by atoms with E-state index in [9.17, 15) is 4.79 Å². The number of H-pyrrole nitrogens is 2. The summed E-state index contributed by atoms with van der Waals surface area (Å²) >= 11 is 0. The van der Waals surface area contributed by atoms with Crippen LogP contribution in [0.2, 0.25) is 0 Å². The zero-order valence-electron chi connectivity index (χ0n) is 16.4. The fourth-order valence-corrected chi connectivity index (χ4v) is 4.08. The number of nitrogen functional groups attached to an aromatic ring is 1. The number of hydrogen-bond donors (Lipinski definition) is 3. The number of rotatable bonds is 4. The number of imidazole rings is 1. The number of fused-ring (bicyclic) bond motifs is 2. The maximum atomic E-state index is 13.1. The number of benzene rings is 2. The maximum Gasteiger partial charge on any atom is 0.214 e. The average Bonchev–Trinajstić information content (AvgIpc) is 3.22. The molecule has 30 heavy (non-hydrogen) atoms. The zero-order valence-corrected chi connectivity index (χ0v) is 16.4. The van der Waals surface area contributed by atoms with Gasteiger partial charge in [-0.1, -0.05) is 6.07 Å². The van der Waals surface area contributed by atoms with E-state index in [0.717, 1.165) is 33.4 Å². The van der Waals surface area contributed by atoms with Gasteiger partial charge in [-0.3, -0.25) is 4.79 Å². The van der Waals surface area contributed by atoms with E-state index in [0.29, 0.717) is 23.0 Å². The van der Waals surface area contributed by atoms with Gasteiger partial charge < -0.3 is 15.7 Å². The molecule has 0 saturated heterocycles. The number of aryl methyl sites for hydroxylation is 1. The third-order valence-electron chi connectivity index (χ3n) is 5.82. The highest BCUT2D eigenvalue weighted by molar-refractivity contribution is 6.12. The van der Waals surface area contributed by atoms with Crippen LogP contribution < -0.4 is 5.73 Å². The second-order valence-corrected chi connectivity index (χ2v) is 8.01. The lowest BCUT2D eigenvalue weighted by atomic mass is 10.1. The molecule has 1 saturated carbocycles. The molecule has 7 heteroatoms. The minimum absolute atomic E-state index is 0.165. The Bertz CT molecular complexity index is 1450. The summed E-state index contributed by atoms with van der Waals surface area (Å²) in [5, 5.41) is 5.42. The SMILES string of the molecule is Cc1nc2ccc(-n3ncc(C(=O)c4cc5cc(C6CC6)ccc5[nH]4)c3N)cc2[nH]1. The van der Waals surface area contributed by atoms with Gasteiger partial charge in [0.05, 0.1) is 34.2 Å². The molecule has 0 amide bonds. The number of aromatic amines is 2. The van der Waals surface area contributed by atoms with Crippen molar-refractivity contribution < 1.29 is 4.79 Å². The normalized spacial score (nSPS) is 14.0. The van der Waals surface area contributed by atoms with Crippen molar-refractivity contribution in [2.75, 3.05) is 5.73 Å². The second kappa shape index (κ2) is 6.06. The van der Waals surface area contributed by atoms with Gasteiger partial charge in [0, 0.05) is 10.9 Å². The van der Waals surface area contributed by atoms with Crippen LogP contribution in [-0.4, -0.2) is 30.5 Å². The first-order valence-electron chi connectivity index (χ1n) is 10.0. The first-order chi connectivity index (χ1) is 14.6. The van der Waals surface area contributed by atoms with Crippen LogP contribution in [0.5, 0.6) is 0 Å².